The number of carbonyl (C=O) groups excluding carboxylic acids is 1. The van der Waals surface area contributed by atoms with Gasteiger partial charge in [-0.25, -0.2) is 4.79 Å². The molecule has 25 heavy (non-hydrogen) atoms. The van der Waals surface area contributed by atoms with Crippen molar-refractivity contribution in [3.05, 3.63) is 40.8 Å². The summed E-state index contributed by atoms with van der Waals surface area (Å²) in [5.74, 6) is 2.07. The van der Waals surface area contributed by atoms with E-state index in [1.807, 2.05) is 39.0 Å². The number of ether oxygens (including phenoxy) is 2. The number of urea groups is 1. The van der Waals surface area contributed by atoms with Crippen LogP contribution in [0.4, 0.5) is 4.79 Å². The molecule has 0 bridgehead atoms. The summed E-state index contributed by atoms with van der Waals surface area (Å²) < 4.78 is 15.9. The Morgan fingerprint density at radius 2 is 2.08 bits per heavy atom. The molecule has 0 fully saturated rings. The van der Waals surface area contributed by atoms with Crippen molar-refractivity contribution >= 4 is 6.03 Å². The molecule has 1 heterocycles. The van der Waals surface area contributed by atoms with Gasteiger partial charge in [0.2, 0.25) is 0 Å². The van der Waals surface area contributed by atoms with Crippen LogP contribution in [-0.4, -0.2) is 36.9 Å². The van der Waals surface area contributed by atoms with E-state index < -0.39 is 0 Å². The number of rotatable bonds is 7. The van der Waals surface area contributed by atoms with Crippen LogP contribution >= 0.6 is 0 Å². The Labute approximate surface area is 147 Å². The molecule has 0 aliphatic carbocycles. The number of carbonyl (C=O) groups is 1. The molecule has 0 aliphatic rings. The first-order valence-corrected chi connectivity index (χ1v) is 8.16. The van der Waals surface area contributed by atoms with Gasteiger partial charge < -0.3 is 24.2 Å². The molecule has 7 nitrogen and oxygen atoms in total. The molecule has 0 aliphatic heterocycles. The van der Waals surface area contributed by atoms with E-state index in [1.54, 1.807) is 19.1 Å². The number of aryl methyl sites for hydroxylation is 2. The lowest BCUT2D eigenvalue weighted by molar-refractivity contribution is 0.206. The summed E-state index contributed by atoms with van der Waals surface area (Å²) in [6.07, 6.45) is 0. The average Bonchev–Trinajstić information content (AvgIpc) is 2.92. The van der Waals surface area contributed by atoms with Gasteiger partial charge in [0.15, 0.2) is 11.5 Å². The average molecular weight is 347 g/mol. The van der Waals surface area contributed by atoms with E-state index in [-0.39, 0.29) is 6.03 Å². The minimum Gasteiger partial charge on any atom is -0.493 e. The highest BCUT2D eigenvalue weighted by molar-refractivity contribution is 5.74. The predicted octanol–water partition coefficient (Wildman–Crippen LogP) is 3.04. The van der Waals surface area contributed by atoms with Crippen LogP contribution in [0, 0.1) is 13.8 Å². The zero-order valence-corrected chi connectivity index (χ0v) is 15.4. The van der Waals surface area contributed by atoms with Gasteiger partial charge in [0.05, 0.1) is 26.0 Å². The maximum atomic E-state index is 12.3. The molecule has 2 aromatic rings. The number of benzene rings is 1. The zero-order valence-electron chi connectivity index (χ0n) is 15.4. The Morgan fingerprint density at radius 3 is 2.68 bits per heavy atom. The molecule has 0 radical (unpaired) electrons. The number of aromatic nitrogens is 1. The predicted molar refractivity (Wildman–Crippen MR) is 93.8 cm³/mol. The number of methoxy groups -OCH3 is 1. The van der Waals surface area contributed by atoms with E-state index in [1.165, 1.54) is 0 Å². The van der Waals surface area contributed by atoms with Gasteiger partial charge in [-0.15, -0.1) is 0 Å². The second kappa shape index (κ2) is 8.41. The first kappa shape index (κ1) is 18.6. The number of nitrogens with zero attached hydrogens (tertiary/aromatic N) is 2. The van der Waals surface area contributed by atoms with Crippen LogP contribution in [0.25, 0.3) is 0 Å². The second-order valence-electron chi connectivity index (χ2n) is 5.74. The summed E-state index contributed by atoms with van der Waals surface area (Å²) in [4.78, 5) is 13.9. The maximum absolute atomic E-state index is 12.3. The van der Waals surface area contributed by atoms with Gasteiger partial charge in [-0.2, -0.15) is 0 Å². The van der Waals surface area contributed by atoms with Crippen LogP contribution in [0.2, 0.25) is 0 Å². The number of hydrogen-bond acceptors (Lipinski definition) is 5. The Balaban J connectivity index is 1.95. The molecule has 7 heteroatoms. The Morgan fingerprint density at radius 1 is 1.32 bits per heavy atom. The van der Waals surface area contributed by atoms with E-state index in [0.29, 0.717) is 31.2 Å². The first-order valence-electron chi connectivity index (χ1n) is 8.16. The number of nitrogens with one attached hydrogen (secondary N) is 1. The van der Waals surface area contributed by atoms with Crippen LogP contribution in [0.15, 0.2) is 22.7 Å². The lowest BCUT2D eigenvalue weighted by Gasteiger charge is -2.18. The molecule has 1 aromatic heterocycles. The third-order valence-corrected chi connectivity index (χ3v) is 3.89. The quantitative estimate of drug-likeness (QED) is 0.833. The molecule has 0 saturated heterocycles. The smallest absolute Gasteiger partial charge is 0.317 e. The van der Waals surface area contributed by atoms with Crippen LogP contribution in [0.1, 0.15) is 29.5 Å². The lowest BCUT2D eigenvalue weighted by Crippen LogP contribution is -2.36. The van der Waals surface area contributed by atoms with Crippen LogP contribution < -0.4 is 14.8 Å². The van der Waals surface area contributed by atoms with Gasteiger partial charge in [0.1, 0.15) is 5.76 Å². The van der Waals surface area contributed by atoms with E-state index in [0.717, 1.165) is 22.6 Å². The van der Waals surface area contributed by atoms with Crippen LogP contribution in [0.3, 0.4) is 0 Å². The topological polar surface area (TPSA) is 76.8 Å². The Bertz CT molecular complexity index is 708. The van der Waals surface area contributed by atoms with Gasteiger partial charge in [-0.1, -0.05) is 11.2 Å². The molecule has 2 rings (SSSR count). The van der Waals surface area contributed by atoms with Gasteiger partial charge in [0.25, 0.3) is 0 Å². The molecule has 2 amide bonds. The van der Waals surface area contributed by atoms with Gasteiger partial charge in [-0.05, 0) is 38.5 Å². The molecule has 0 spiro atoms. The minimum absolute atomic E-state index is 0.173. The van der Waals surface area contributed by atoms with Crippen molar-refractivity contribution in [1.29, 1.82) is 0 Å². The highest BCUT2D eigenvalue weighted by atomic mass is 16.5. The van der Waals surface area contributed by atoms with Crippen molar-refractivity contribution in [2.45, 2.75) is 33.9 Å². The fourth-order valence-electron chi connectivity index (χ4n) is 2.45. The fourth-order valence-corrected chi connectivity index (χ4v) is 2.45. The van der Waals surface area contributed by atoms with Crippen molar-refractivity contribution in [1.82, 2.24) is 15.4 Å². The van der Waals surface area contributed by atoms with E-state index >= 15 is 0 Å². The summed E-state index contributed by atoms with van der Waals surface area (Å²) in [6, 6.07) is 5.44. The highest BCUT2D eigenvalue weighted by Gasteiger charge is 2.15. The summed E-state index contributed by atoms with van der Waals surface area (Å²) in [5, 5.41) is 6.80. The summed E-state index contributed by atoms with van der Waals surface area (Å²) >= 11 is 0. The van der Waals surface area contributed by atoms with Gasteiger partial charge >= 0.3 is 6.03 Å². The van der Waals surface area contributed by atoms with Crippen molar-refractivity contribution < 1.29 is 18.8 Å². The third-order valence-electron chi connectivity index (χ3n) is 3.89. The first-order chi connectivity index (χ1) is 12.0. The van der Waals surface area contributed by atoms with E-state index in [4.69, 9.17) is 14.0 Å². The van der Waals surface area contributed by atoms with Gasteiger partial charge in [-0.3, -0.25) is 0 Å². The molecule has 0 saturated carbocycles. The summed E-state index contributed by atoms with van der Waals surface area (Å²) in [7, 11) is 3.33. The standard InChI is InChI=1S/C18H25N3O4/c1-6-24-16-8-7-14(9-17(16)23-5)10-19-18(22)21(4)11-15-12(2)20-25-13(15)3/h7-9H,6,10-11H2,1-5H3,(H,19,22). The van der Waals surface area contributed by atoms with Crippen molar-refractivity contribution in [2.24, 2.45) is 0 Å². The van der Waals surface area contributed by atoms with Crippen LogP contribution in [0.5, 0.6) is 11.5 Å². The zero-order chi connectivity index (χ0) is 18.4. The second-order valence-corrected chi connectivity index (χ2v) is 5.74. The maximum Gasteiger partial charge on any atom is 0.317 e. The summed E-state index contributed by atoms with van der Waals surface area (Å²) in [5.41, 5.74) is 2.66. The third kappa shape index (κ3) is 4.65. The van der Waals surface area contributed by atoms with Crippen LogP contribution in [-0.2, 0) is 13.1 Å². The molecule has 1 N–H and O–H groups in total. The van der Waals surface area contributed by atoms with E-state index in [2.05, 4.69) is 10.5 Å². The van der Waals surface area contributed by atoms with Crippen molar-refractivity contribution in [3.8, 4) is 11.5 Å². The molecular weight excluding hydrogens is 322 g/mol. The molecule has 0 atom stereocenters. The number of amides is 2. The van der Waals surface area contributed by atoms with Crippen molar-refractivity contribution in [3.63, 3.8) is 0 Å². The van der Waals surface area contributed by atoms with E-state index in [9.17, 15) is 4.79 Å². The Hall–Kier alpha value is -2.70. The normalized spacial score (nSPS) is 10.4. The monoisotopic (exact) mass is 347 g/mol. The minimum atomic E-state index is -0.173. The highest BCUT2D eigenvalue weighted by Crippen LogP contribution is 2.28. The Kier molecular flexibility index (Phi) is 6.27. The SMILES string of the molecule is CCOc1ccc(CNC(=O)N(C)Cc2c(C)noc2C)cc1OC. The summed E-state index contributed by atoms with van der Waals surface area (Å²) in [6.45, 7) is 7.03. The fraction of sp³-hybridized carbons (Fsp3) is 0.444. The number of hydrogen-bond donors (Lipinski definition) is 1. The lowest BCUT2D eigenvalue weighted by atomic mass is 10.2. The molecule has 1 aromatic carbocycles. The molecule has 0 unspecified atom stereocenters. The molecule has 136 valence electrons. The largest absolute Gasteiger partial charge is 0.493 e. The van der Waals surface area contributed by atoms with Crippen molar-refractivity contribution in [2.75, 3.05) is 20.8 Å². The van der Waals surface area contributed by atoms with Gasteiger partial charge in [0, 0.05) is 19.2 Å². The molecular formula is C18H25N3O4.